The molecule has 1 heterocycles. The second kappa shape index (κ2) is 4.52. The van der Waals surface area contributed by atoms with Crippen molar-refractivity contribution in [1.29, 1.82) is 0 Å². The van der Waals surface area contributed by atoms with Crippen molar-refractivity contribution in [2.24, 2.45) is 5.92 Å². The Hall–Kier alpha value is -0.570. The van der Waals surface area contributed by atoms with Crippen LogP contribution in [0.2, 0.25) is 0 Å². The van der Waals surface area contributed by atoms with Crippen molar-refractivity contribution in [1.82, 2.24) is 4.98 Å². The Kier molecular flexibility index (Phi) is 3.29. The van der Waals surface area contributed by atoms with E-state index in [1.807, 2.05) is 6.20 Å². The van der Waals surface area contributed by atoms with Crippen LogP contribution in [0.4, 0.5) is 0 Å². The first-order valence-corrected chi connectivity index (χ1v) is 6.27. The molecule has 3 unspecified atom stereocenters. The third kappa shape index (κ3) is 2.17. The molecular weight excluding hydrogens is 254 g/mol. The summed E-state index contributed by atoms with van der Waals surface area (Å²) in [6, 6.07) is 2.11. The third-order valence-corrected chi connectivity index (χ3v) is 4.65. The SMILES string of the molecule is COc1cncc(C2CCC(Br)C2C)c1. The minimum absolute atomic E-state index is 0.622. The molecule has 1 saturated carbocycles. The number of aromatic nitrogens is 1. The first-order chi connectivity index (χ1) is 7.22. The van der Waals surface area contributed by atoms with Crippen molar-refractivity contribution in [3.05, 3.63) is 24.0 Å². The Balaban J connectivity index is 2.22. The third-order valence-electron chi connectivity index (χ3n) is 3.36. The standard InChI is InChI=1S/C12H16BrNO/c1-8-11(3-4-12(8)13)9-5-10(15-2)7-14-6-9/h5-8,11-12H,3-4H2,1-2H3. The van der Waals surface area contributed by atoms with Crippen molar-refractivity contribution in [3.63, 3.8) is 0 Å². The Morgan fingerprint density at radius 3 is 2.80 bits per heavy atom. The number of methoxy groups -OCH3 is 1. The van der Waals surface area contributed by atoms with Crippen LogP contribution in [0.15, 0.2) is 18.5 Å². The van der Waals surface area contributed by atoms with Gasteiger partial charge in [0, 0.05) is 11.0 Å². The molecule has 0 aliphatic heterocycles. The maximum atomic E-state index is 5.20. The highest BCUT2D eigenvalue weighted by atomic mass is 79.9. The van der Waals surface area contributed by atoms with Crippen molar-refractivity contribution < 1.29 is 4.74 Å². The Morgan fingerprint density at radius 2 is 2.20 bits per heavy atom. The molecule has 0 radical (unpaired) electrons. The summed E-state index contributed by atoms with van der Waals surface area (Å²) in [6.07, 6.45) is 6.22. The van der Waals surface area contributed by atoms with Crippen molar-refractivity contribution >= 4 is 15.9 Å². The van der Waals surface area contributed by atoms with Gasteiger partial charge in [-0.3, -0.25) is 4.98 Å². The highest BCUT2D eigenvalue weighted by molar-refractivity contribution is 9.09. The molecule has 1 fully saturated rings. The molecule has 2 nitrogen and oxygen atoms in total. The van der Waals surface area contributed by atoms with E-state index in [2.05, 4.69) is 33.9 Å². The summed E-state index contributed by atoms with van der Waals surface area (Å²) in [5, 5.41) is 0. The molecule has 1 aromatic heterocycles. The summed E-state index contributed by atoms with van der Waals surface area (Å²) in [7, 11) is 1.69. The van der Waals surface area contributed by atoms with Gasteiger partial charge in [-0.05, 0) is 36.3 Å². The molecule has 0 saturated heterocycles. The largest absolute Gasteiger partial charge is 0.495 e. The second-order valence-electron chi connectivity index (χ2n) is 4.22. The maximum absolute atomic E-state index is 5.20. The second-order valence-corrected chi connectivity index (χ2v) is 5.39. The Bertz CT molecular complexity index is 342. The predicted octanol–water partition coefficient (Wildman–Crippen LogP) is 3.37. The van der Waals surface area contributed by atoms with Crippen LogP contribution in [0.3, 0.4) is 0 Å². The van der Waals surface area contributed by atoms with Crippen LogP contribution >= 0.6 is 15.9 Å². The van der Waals surface area contributed by atoms with Gasteiger partial charge in [0.25, 0.3) is 0 Å². The lowest BCUT2D eigenvalue weighted by atomic mass is 9.91. The van der Waals surface area contributed by atoms with Crippen LogP contribution in [0.5, 0.6) is 5.75 Å². The van der Waals surface area contributed by atoms with Gasteiger partial charge in [-0.25, -0.2) is 0 Å². The van der Waals surface area contributed by atoms with Crippen LogP contribution in [0.1, 0.15) is 31.2 Å². The summed E-state index contributed by atoms with van der Waals surface area (Å²) >= 11 is 3.73. The van der Waals surface area contributed by atoms with E-state index >= 15 is 0 Å². The van der Waals surface area contributed by atoms with Gasteiger partial charge in [0.05, 0.1) is 13.3 Å². The first-order valence-electron chi connectivity index (χ1n) is 5.35. The summed E-state index contributed by atoms with van der Waals surface area (Å²) in [6.45, 7) is 2.30. The molecule has 0 spiro atoms. The molecule has 0 aromatic carbocycles. The number of halogens is 1. The van der Waals surface area contributed by atoms with E-state index < -0.39 is 0 Å². The zero-order valence-corrected chi connectivity index (χ0v) is 10.7. The lowest BCUT2D eigenvalue weighted by molar-refractivity contribution is 0.410. The molecule has 15 heavy (non-hydrogen) atoms. The van der Waals surface area contributed by atoms with Crippen LogP contribution in [0, 0.1) is 5.92 Å². The fourth-order valence-electron chi connectivity index (χ4n) is 2.34. The number of hydrogen-bond donors (Lipinski definition) is 0. The van der Waals surface area contributed by atoms with Crippen LogP contribution in [0.25, 0.3) is 0 Å². The quantitative estimate of drug-likeness (QED) is 0.769. The number of rotatable bonds is 2. The number of pyridine rings is 1. The van der Waals surface area contributed by atoms with E-state index in [4.69, 9.17) is 4.74 Å². The fraction of sp³-hybridized carbons (Fsp3) is 0.583. The maximum Gasteiger partial charge on any atom is 0.137 e. The van der Waals surface area contributed by atoms with Crippen LogP contribution in [-0.2, 0) is 0 Å². The summed E-state index contributed by atoms with van der Waals surface area (Å²) in [5.74, 6) is 2.16. The predicted molar refractivity (Wildman–Crippen MR) is 64.6 cm³/mol. The molecule has 3 atom stereocenters. The lowest BCUT2D eigenvalue weighted by Crippen LogP contribution is -2.09. The van der Waals surface area contributed by atoms with Gasteiger partial charge in [0.2, 0.25) is 0 Å². The van der Waals surface area contributed by atoms with E-state index in [1.165, 1.54) is 18.4 Å². The van der Waals surface area contributed by atoms with Gasteiger partial charge in [-0.2, -0.15) is 0 Å². The van der Waals surface area contributed by atoms with Gasteiger partial charge >= 0.3 is 0 Å². The van der Waals surface area contributed by atoms with E-state index in [0.717, 1.165) is 5.75 Å². The Labute approximate surface area is 99.2 Å². The van der Waals surface area contributed by atoms with Gasteiger partial charge in [-0.1, -0.05) is 22.9 Å². The highest BCUT2D eigenvalue weighted by Crippen LogP contribution is 2.43. The minimum Gasteiger partial charge on any atom is -0.495 e. The number of ether oxygens (including phenoxy) is 1. The summed E-state index contributed by atoms with van der Waals surface area (Å²) < 4.78 is 5.20. The minimum atomic E-state index is 0.622. The van der Waals surface area contributed by atoms with Gasteiger partial charge < -0.3 is 4.74 Å². The molecule has 1 aliphatic rings. The zero-order chi connectivity index (χ0) is 10.8. The van der Waals surface area contributed by atoms with E-state index in [0.29, 0.717) is 16.7 Å². The van der Waals surface area contributed by atoms with E-state index in [1.54, 1.807) is 13.3 Å². The fourth-order valence-corrected chi connectivity index (χ4v) is 2.97. The average Bonchev–Trinajstić information content (AvgIpc) is 2.60. The zero-order valence-electron chi connectivity index (χ0n) is 9.11. The molecule has 1 aliphatic carbocycles. The van der Waals surface area contributed by atoms with E-state index in [-0.39, 0.29) is 0 Å². The average molecular weight is 270 g/mol. The molecule has 1 aromatic rings. The van der Waals surface area contributed by atoms with Crippen molar-refractivity contribution in [2.75, 3.05) is 7.11 Å². The summed E-state index contributed by atoms with van der Waals surface area (Å²) in [5.41, 5.74) is 1.31. The molecular formula is C12H16BrNO. The number of hydrogen-bond acceptors (Lipinski definition) is 2. The van der Waals surface area contributed by atoms with Gasteiger partial charge in [0.1, 0.15) is 5.75 Å². The normalized spacial score (nSPS) is 30.5. The van der Waals surface area contributed by atoms with Crippen molar-refractivity contribution in [2.45, 2.75) is 30.5 Å². The molecule has 0 amide bonds. The van der Waals surface area contributed by atoms with E-state index in [9.17, 15) is 0 Å². The van der Waals surface area contributed by atoms with Gasteiger partial charge in [0.15, 0.2) is 0 Å². The van der Waals surface area contributed by atoms with Crippen LogP contribution in [-0.4, -0.2) is 16.9 Å². The molecule has 0 bridgehead atoms. The molecule has 3 heteroatoms. The molecule has 2 rings (SSSR count). The molecule has 0 N–H and O–H groups in total. The lowest BCUT2D eigenvalue weighted by Gasteiger charge is -2.17. The topological polar surface area (TPSA) is 22.1 Å². The monoisotopic (exact) mass is 269 g/mol. The van der Waals surface area contributed by atoms with Crippen LogP contribution < -0.4 is 4.74 Å². The van der Waals surface area contributed by atoms with Gasteiger partial charge in [-0.15, -0.1) is 0 Å². The highest BCUT2D eigenvalue weighted by Gasteiger charge is 2.32. The van der Waals surface area contributed by atoms with Crippen molar-refractivity contribution in [3.8, 4) is 5.75 Å². The number of alkyl halides is 1. The summed E-state index contributed by atoms with van der Waals surface area (Å²) in [4.78, 5) is 4.87. The number of nitrogens with zero attached hydrogens (tertiary/aromatic N) is 1. The smallest absolute Gasteiger partial charge is 0.137 e. The Morgan fingerprint density at radius 1 is 1.40 bits per heavy atom. The molecule has 82 valence electrons. The first kappa shape index (κ1) is 10.9.